The van der Waals surface area contributed by atoms with E-state index in [1.165, 1.54) is 25.3 Å². The lowest BCUT2D eigenvalue weighted by Crippen LogP contribution is -2.17. The van der Waals surface area contributed by atoms with E-state index in [1.54, 1.807) is 18.6 Å². The van der Waals surface area contributed by atoms with Gasteiger partial charge in [0.1, 0.15) is 11.6 Å². The quantitative estimate of drug-likeness (QED) is 0.832. The summed E-state index contributed by atoms with van der Waals surface area (Å²) >= 11 is 0. The average molecular weight is 312 g/mol. The second kappa shape index (κ2) is 5.91. The van der Waals surface area contributed by atoms with Crippen molar-refractivity contribution in [3.8, 4) is 11.3 Å². The molecule has 2 heterocycles. The third-order valence-corrected chi connectivity index (χ3v) is 5.33. The molecule has 1 saturated carbocycles. The Hall–Kier alpha value is -1.97. The predicted molar refractivity (Wildman–Crippen MR) is 86.6 cm³/mol. The third-order valence-electron chi connectivity index (χ3n) is 5.33. The van der Waals surface area contributed by atoms with Crippen LogP contribution in [0.25, 0.3) is 11.3 Å². The molecule has 0 bridgehead atoms. The molecule has 0 spiro atoms. The second-order valence-corrected chi connectivity index (χ2v) is 6.85. The zero-order valence-electron chi connectivity index (χ0n) is 13.2. The maximum absolute atomic E-state index is 14.3. The van der Waals surface area contributed by atoms with Crippen molar-refractivity contribution in [3.05, 3.63) is 42.1 Å². The van der Waals surface area contributed by atoms with Crippen molar-refractivity contribution >= 4 is 5.78 Å². The van der Waals surface area contributed by atoms with E-state index in [2.05, 4.69) is 4.98 Å². The topological polar surface area (TPSA) is 34.9 Å². The minimum atomic E-state index is -0.236. The summed E-state index contributed by atoms with van der Waals surface area (Å²) in [6.07, 6.45) is 10.6. The monoisotopic (exact) mass is 312 g/mol. The summed E-state index contributed by atoms with van der Waals surface area (Å²) in [5.74, 6) is 0.555. The highest BCUT2D eigenvalue weighted by atomic mass is 19.1. The largest absolute Gasteiger partial charge is 0.322 e. The van der Waals surface area contributed by atoms with Gasteiger partial charge in [-0.3, -0.25) is 4.79 Å². The van der Waals surface area contributed by atoms with E-state index in [0.717, 1.165) is 24.1 Å². The molecule has 23 heavy (non-hydrogen) atoms. The first-order valence-electron chi connectivity index (χ1n) is 8.56. The van der Waals surface area contributed by atoms with Gasteiger partial charge >= 0.3 is 0 Å². The summed E-state index contributed by atoms with van der Waals surface area (Å²) in [6.45, 7) is 0. The number of hydrogen-bond acceptors (Lipinski definition) is 2. The molecule has 1 aliphatic heterocycles. The number of carbonyl (C=O) groups excluding carboxylic acids is 1. The smallest absolute Gasteiger partial charge is 0.135 e. The number of benzene rings is 1. The van der Waals surface area contributed by atoms with E-state index in [0.29, 0.717) is 24.3 Å². The van der Waals surface area contributed by atoms with Crippen molar-refractivity contribution in [3.63, 3.8) is 0 Å². The molecule has 120 valence electrons. The summed E-state index contributed by atoms with van der Waals surface area (Å²) in [5.41, 5.74) is 2.44. The molecule has 1 aromatic carbocycles. The Morgan fingerprint density at radius 1 is 1.22 bits per heavy atom. The van der Waals surface area contributed by atoms with Crippen molar-refractivity contribution in [2.24, 2.45) is 5.92 Å². The second-order valence-electron chi connectivity index (χ2n) is 6.85. The van der Waals surface area contributed by atoms with E-state index < -0.39 is 0 Å². The first-order chi connectivity index (χ1) is 11.2. The molecule has 2 aromatic rings. The standard InChI is InChI=1S/C19H21FN2O/c20-16-8-4-7-15-18-11-21-12-22(18)17(19(15)16)10-14(23)9-13-5-2-1-3-6-13/h4,7-8,11-13,17H,1-3,5-6,9-10H2. The molecular formula is C19H21FN2O. The number of rotatable bonds is 4. The lowest BCUT2D eigenvalue weighted by molar-refractivity contribution is -0.120. The van der Waals surface area contributed by atoms with Crippen molar-refractivity contribution < 1.29 is 9.18 Å². The van der Waals surface area contributed by atoms with Gasteiger partial charge in [-0.1, -0.05) is 44.2 Å². The first-order valence-corrected chi connectivity index (χ1v) is 8.56. The molecule has 0 N–H and O–H groups in total. The number of ketones is 1. The van der Waals surface area contributed by atoms with Gasteiger partial charge in [0.05, 0.1) is 24.3 Å². The lowest BCUT2D eigenvalue weighted by Gasteiger charge is -2.22. The third kappa shape index (κ3) is 2.60. The van der Waals surface area contributed by atoms with E-state index in [1.807, 2.05) is 10.6 Å². The van der Waals surface area contributed by atoms with Gasteiger partial charge in [-0.2, -0.15) is 0 Å². The minimum Gasteiger partial charge on any atom is -0.322 e. The Labute approximate surface area is 135 Å². The fourth-order valence-corrected chi connectivity index (χ4v) is 4.21. The van der Waals surface area contributed by atoms with Gasteiger partial charge in [0, 0.05) is 24.0 Å². The Balaban J connectivity index is 1.56. The van der Waals surface area contributed by atoms with E-state index in [4.69, 9.17) is 0 Å². The Morgan fingerprint density at radius 2 is 2.04 bits per heavy atom. The number of halogens is 1. The fraction of sp³-hybridized carbons (Fsp3) is 0.474. The predicted octanol–water partition coefficient (Wildman–Crippen LogP) is 4.52. The number of Topliss-reactive ketones (excluding diaryl/α,β-unsaturated/α-hetero) is 1. The van der Waals surface area contributed by atoms with Crippen LogP contribution in [0, 0.1) is 11.7 Å². The molecule has 1 atom stereocenters. The van der Waals surface area contributed by atoms with Crippen LogP contribution in [0.2, 0.25) is 0 Å². The number of imidazole rings is 1. The number of hydrogen-bond donors (Lipinski definition) is 0. The van der Waals surface area contributed by atoms with Crippen LogP contribution in [0.4, 0.5) is 4.39 Å². The number of carbonyl (C=O) groups is 1. The van der Waals surface area contributed by atoms with Crippen LogP contribution < -0.4 is 0 Å². The van der Waals surface area contributed by atoms with E-state index in [-0.39, 0.29) is 17.6 Å². The fourth-order valence-electron chi connectivity index (χ4n) is 4.21. The molecule has 0 radical (unpaired) electrons. The molecular weight excluding hydrogens is 291 g/mol. The van der Waals surface area contributed by atoms with Gasteiger partial charge in [-0.05, 0) is 12.0 Å². The Kier molecular flexibility index (Phi) is 3.76. The van der Waals surface area contributed by atoms with Crippen LogP contribution in [-0.2, 0) is 4.79 Å². The lowest BCUT2D eigenvalue weighted by atomic mass is 9.84. The van der Waals surface area contributed by atoms with Gasteiger partial charge in [-0.15, -0.1) is 0 Å². The van der Waals surface area contributed by atoms with Gasteiger partial charge in [-0.25, -0.2) is 9.37 Å². The van der Waals surface area contributed by atoms with Gasteiger partial charge < -0.3 is 4.57 Å². The first kappa shape index (κ1) is 14.6. The highest BCUT2D eigenvalue weighted by Crippen LogP contribution is 2.42. The van der Waals surface area contributed by atoms with Crippen LogP contribution in [0.5, 0.6) is 0 Å². The number of aromatic nitrogens is 2. The van der Waals surface area contributed by atoms with Crippen LogP contribution in [0.1, 0.15) is 56.6 Å². The number of fused-ring (bicyclic) bond motifs is 3. The van der Waals surface area contributed by atoms with Crippen molar-refractivity contribution in [1.29, 1.82) is 0 Å². The molecule has 4 heteroatoms. The molecule has 1 unspecified atom stereocenters. The van der Waals surface area contributed by atoms with Crippen molar-refractivity contribution in [1.82, 2.24) is 9.55 Å². The van der Waals surface area contributed by atoms with Crippen LogP contribution >= 0.6 is 0 Å². The average Bonchev–Trinajstić information content (AvgIpc) is 3.12. The number of nitrogens with zero attached hydrogens (tertiary/aromatic N) is 2. The summed E-state index contributed by atoms with van der Waals surface area (Å²) in [5, 5.41) is 0. The van der Waals surface area contributed by atoms with Crippen molar-refractivity contribution in [2.75, 3.05) is 0 Å². The summed E-state index contributed by atoms with van der Waals surface area (Å²) < 4.78 is 16.3. The zero-order chi connectivity index (χ0) is 15.8. The van der Waals surface area contributed by atoms with Gasteiger partial charge in [0.25, 0.3) is 0 Å². The normalized spacial score (nSPS) is 20.3. The molecule has 1 fully saturated rings. The van der Waals surface area contributed by atoms with Crippen molar-refractivity contribution in [2.45, 2.75) is 51.0 Å². The minimum absolute atomic E-state index is 0.221. The molecule has 1 aromatic heterocycles. The van der Waals surface area contributed by atoms with E-state index in [9.17, 15) is 9.18 Å². The highest BCUT2D eigenvalue weighted by Gasteiger charge is 2.33. The summed E-state index contributed by atoms with van der Waals surface area (Å²) in [4.78, 5) is 16.7. The van der Waals surface area contributed by atoms with Crippen LogP contribution in [0.3, 0.4) is 0 Å². The van der Waals surface area contributed by atoms with Gasteiger partial charge in [0.15, 0.2) is 0 Å². The Morgan fingerprint density at radius 3 is 2.87 bits per heavy atom. The van der Waals surface area contributed by atoms with Crippen LogP contribution in [-0.4, -0.2) is 15.3 Å². The summed E-state index contributed by atoms with van der Waals surface area (Å²) in [6, 6.07) is 4.88. The zero-order valence-corrected chi connectivity index (χ0v) is 13.2. The molecule has 4 rings (SSSR count). The highest BCUT2D eigenvalue weighted by molar-refractivity contribution is 5.81. The Bertz CT molecular complexity index is 731. The summed E-state index contributed by atoms with van der Waals surface area (Å²) in [7, 11) is 0. The molecule has 0 amide bonds. The maximum Gasteiger partial charge on any atom is 0.135 e. The molecule has 0 saturated heterocycles. The van der Waals surface area contributed by atoms with E-state index >= 15 is 0 Å². The molecule has 3 nitrogen and oxygen atoms in total. The SMILES string of the molecule is O=C(CC1CCCCC1)CC1c2c(F)cccc2-c2cncn21. The maximum atomic E-state index is 14.3. The molecule has 1 aliphatic carbocycles. The molecule has 2 aliphatic rings. The van der Waals surface area contributed by atoms with Gasteiger partial charge in [0.2, 0.25) is 0 Å². The van der Waals surface area contributed by atoms with Crippen LogP contribution in [0.15, 0.2) is 30.7 Å².